The molecule has 1 aliphatic rings. The van der Waals surface area contributed by atoms with Gasteiger partial charge in [0, 0.05) is 51.6 Å². The van der Waals surface area contributed by atoms with E-state index in [1.165, 1.54) is 0 Å². The molecule has 2 aromatic heterocycles. The molecule has 1 unspecified atom stereocenters. The van der Waals surface area contributed by atoms with Gasteiger partial charge in [0.25, 0.3) is 0 Å². The summed E-state index contributed by atoms with van der Waals surface area (Å²) in [6, 6.07) is 2.23. The number of nitrogens with zero attached hydrogens (tertiary/aromatic N) is 6. The van der Waals surface area contributed by atoms with Gasteiger partial charge in [0.05, 0.1) is 6.54 Å². The van der Waals surface area contributed by atoms with E-state index in [0.717, 1.165) is 63.0 Å². The second kappa shape index (κ2) is 9.33. The Bertz CT molecular complexity index is 694. The lowest BCUT2D eigenvalue weighted by Crippen LogP contribution is -2.47. The summed E-state index contributed by atoms with van der Waals surface area (Å²) in [5, 5.41) is 15.6. The summed E-state index contributed by atoms with van der Waals surface area (Å²) < 4.78 is 9.04. The van der Waals surface area contributed by atoms with Crippen molar-refractivity contribution in [1.29, 1.82) is 0 Å². The van der Waals surface area contributed by atoms with E-state index in [9.17, 15) is 0 Å². The lowest BCUT2D eigenvalue weighted by Gasteiger charge is -2.25. The van der Waals surface area contributed by atoms with Crippen molar-refractivity contribution < 1.29 is 4.74 Å². The average molecular weight is 360 g/mol. The highest BCUT2D eigenvalue weighted by Gasteiger charge is 2.22. The number of fused-ring (bicyclic) bond motifs is 1. The van der Waals surface area contributed by atoms with E-state index in [0.29, 0.717) is 12.6 Å². The lowest BCUT2D eigenvalue weighted by molar-refractivity contribution is 0.177. The van der Waals surface area contributed by atoms with Crippen molar-refractivity contribution >= 4 is 5.96 Å². The third-order valence-corrected chi connectivity index (χ3v) is 4.23. The van der Waals surface area contributed by atoms with Gasteiger partial charge < -0.3 is 15.4 Å². The molecule has 142 valence electrons. The molecule has 0 aromatic carbocycles. The van der Waals surface area contributed by atoms with E-state index in [-0.39, 0.29) is 0 Å². The van der Waals surface area contributed by atoms with Gasteiger partial charge in [0.15, 0.2) is 11.8 Å². The number of hydrogen-bond acceptors (Lipinski definition) is 5. The van der Waals surface area contributed by atoms with E-state index in [1.807, 2.05) is 21.6 Å². The number of aromatic nitrogens is 5. The fourth-order valence-corrected chi connectivity index (χ4v) is 3.04. The third kappa shape index (κ3) is 5.04. The maximum atomic E-state index is 5.12. The second-order valence-corrected chi connectivity index (χ2v) is 6.32. The van der Waals surface area contributed by atoms with Gasteiger partial charge in [0.1, 0.15) is 12.4 Å². The van der Waals surface area contributed by atoms with E-state index in [2.05, 4.69) is 37.7 Å². The molecule has 2 N–H and O–H groups in total. The minimum absolute atomic E-state index is 0.295. The van der Waals surface area contributed by atoms with Crippen LogP contribution in [0, 0.1) is 0 Å². The number of guanidine groups is 1. The molecule has 3 heterocycles. The highest BCUT2D eigenvalue weighted by Crippen LogP contribution is 2.13. The molecule has 9 heteroatoms. The molecule has 0 amide bonds. The predicted molar refractivity (Wildman–Crippen MR) is 98.8 cm³/mol. The van der Waals surface area contributed by atoms with Crippen LogP contribution in [0.4, 0.5) is 0 Å². The summed E-state index contributed by atoms with van der Waals surface area (Å²) in [4.78, 5) is 9.21. The topological polar surface area (TPSA) is 94.2 Å². The van der Waals surface area contributed by atoms with E-state index >= 15 is 0 Å². The molecule has 1 atom stereocenters. The van der Waals surface area contributed by atoms with Crippen molar-refractivity contribution in [2.45, 2.75) is 51.9 Å². The first kappa shape index (κ1) is 18.4. The standard InChI is InChI=1S/C17H28N8O/c1-3-18-17(19-8-4-10-24-11-5-9-20-24)21-14-6-7-16-22-15(13-26-2)23-25(16)12-14/h5,9,11,14H,3-4,6-8,10,12-13H2,1-2H3,(H2,18,19,21). The molecule has 0 spiro atoms. The van der Waals surface area contributed by atoms with Crippen LogP contribution in [0.5, 0.6) is 0 Å². The van der Waals surface area contributed by atoms with Crippen molar-refractivity contribution in [3.8, 4) is 0 Å². The summed E-state index contributed by atoms with van der Waals surface area (Å²) in [6.45, 7) is 5.80. The summed E-state index contributed by atoms with van der Waals surface area (Å²) in [5.74, 6) is 2.65. The molecule has 26 heavy (non-hydrogen) atoms. The number of hydrogen-bond donors (Lipinski definition) is 2. The van der Waals surface area contributed by atoms with Crippen LogP contribution < -0.4 is 10.6 Å². The summed E-state index contributed by atoms with van der Waals surface area (Å²) in [7, 11) is 1.66. The largest absolute Gasteiger partial charge is 0.377 e. The molecular formula is C17H28N8O. The van der Waals surface area contributed by atoms with Gasteiger partial charge in [-0.25, -0.2) is 9.67 Å². The number of rotatable bonds is 8. The smallest absolute Gasteiger partial charge is 0.191 e. The Morgan fingerprint density at radius 3 is 3.15 bits per heavy atom. The summed E-state index contributed by atoms with van der Waals surface area (Å²) in [5.41, 5.74) is 0. The van der Waals surface area contributed by atoms with E-state index in [1.54, 1.807) is 13.3 Å². The van der Waals surface area contributed by atoms with Gasteiger partial charge in [-0.2, -0.15) is 10.2 Å². The van der Waals surface area contributed by atoms with Crippen molar-refractivity contribution in [2.75, 3.05) is 20.2 Å². The molecular weight excluding hydrogens is 332 g/mol. The van der Waals surface area contributed by atoms with Crippen LogP contribution >= 0.6 is 0 Å². The van der Waals surface area contributed by atoms with Crippen LogP contribution in [-0.2, 0) is 30.9 Å². The van der Waals surface area contributed by atoms with Gasteiger partial charge in [0.2, 0.25) is 0 Å². The molecule has 0 fully saturated rings. The van der Waals surface area contributed by atoms with Crippen LogP contribution in [0.2, 0.25) is 0 Å². The van der Waals surface area contributed by atoms with Crippen molar-refractivity contribution in [1.82, 2.24) is 35.2 Å². The fraction of sp³-hybridized carbons (Fsp3) is 0.647. The SMILES string of the molecule is CCNC(=NCCCn1cccn1)NC1CCc2nc(COC)nn2C1. The zero-order chi connectivity index (χ0) is 18.2. The first-order valence-corrected chi connectivity index (χ1v) is 9.22. The Hall–Kier alpha value is -2.42. The van der Waals surface area contributed by atoms with Gasteiger partial charge in [-0.15, -0.1) is 0 Å². The molecule has 0 radical (unpaired) electrons. The highest BCUT2D eigenvalue weighted by molar-refractivity contribution is 5.80. The summed E-state index contributed by atoms with van der Waals surface area (Å²) >= 11 is 0. The number of aliphatic imine (C=N–C) groups is 1. The van der Waals surface area contributed by atoms with Crippen LogP contribution in [-0.4, -0.2) is 56.7 Å². The summed E-state index contributed by atoms with van der Waals surface area (Å²) in [6.07, 6.45) is 6.66. The molecule has 0 aliphatic carbocycles. The fourth-order valence-electron chi connectivity index (χ4n) is 3.04. The van der Waals surface area contributed by atoms with Gasteiger partial charge in [-0.3, -0.25) is 9.67 Å². The number of nitrogens with one attached hydrogen (secondary N) is 2. The molecule has 0 saturated heterocycles. The monoisotopic (exact) mass is 360 g/mol. The maximum Gasteiger partial charge on any atom is 0.191 e. The van der Waals surface area contributed by atoms with Gasteiger partial charge in [-0.1, -0.05) is 0 Å². The number of methoxy groups -OCH3 is 1. The van der Waals surface area contributed by atoms with Crippen molar-refractivity contribution in [2.24, 2.45) is 4.99 Å². The first-order chi connectivity index (χ1) is 12.8. The van der Waals surface area contributed by atoms with Crippen LogP contribution in [0.25, 0.3) is 0 Å². The molecule has 9 nitrogen and oxygen atoms in total. The van der Waals surface area contributed by atoms with Crippen LogP contribution in [0.15, 0.2) is 23.5 Å². The Labute approximate surface area is 153 Å². The Morgan fingerprint density at radius 2 is 2.38 bits per heavy atom. The Kier molecular flexibility index (Phi) is 6.59. The van der Waals surface area contributed by atoms with Crippen molar-refractivity contribution in [3.63, 3.8) is 0 Å². The second-order valence-electron chi connectivity index (χ2n) is 6.32. The zero-order valence-corrected chi connectivity index (χ0v) is 15.6. The quantitative estimate of drug-likeness (QED) is 0.406. The van der Waals surface area contributed by atoms with Crippen LogP contribution in [0.1, 0.15) is 31.4 Å². The minimum Gasteiger partial charge on any atom is -0.377 e. The predicted octanol–water partition coefficient (Wildman–Crippen LogP) is 0.581. The lowest BCUT2D eigenvalue weighted by atomic mass is 10.1. The molecule has 2 aromatic rings. The number of ether oxygens (including phenoxy) is 1. The molecule has 3 rings (SSSR count). The Balaban J connectivity index is 1.51. The molecule has 0 bridgehead atoms. The normalized spacial score (nSPS) is 17.2. The van der Waals surface area contributed by atoms with E-state index < -0.39 is 0 Å². The maximum absolute atomic E-state index is 5.12. The first-order valence-electron chi connectivity index (χ1n) is 9.22. The molecule has 1 aliphatic heterocycles. The third-order valence-electron chi connectivity index (χ3n) is 4.23. The Morgan fingerprint density at radius 1 is 1.46 bits per heavy atom. The average Bonchev–Trinajstić information content (AvgIpc) is 3.28. The zero-order valence-electron chi connectivity index (χ0n) is 15.6. The van der Waals surface area contributed by atoms with E-state index in [4.69, 9.17) is 4.74 Å². The number of aryl methyl sites for hydroxylation is 2. The van der Waals surface area contributed by atoms with Crippen LogP contribution in [0.3, 0.4) is 0 Å². The highest BCUT2D eigenvalue weighted by atomic mass is 16.5. The molecule has 0 saturated carbocycles. The van der Waals surface area contributed by atoms with Crippen molar-refractivity contribution in [3.05, 3.63) is 30.1 Å². The van der Waals surface area contributed by atoms with Gasteiger partial charge in [-0.05, 0) is 25.8 Å². The minimum atomic E-state index is 0.295. The van der Waals surface area contributed by atoms with Gasteiger partial charge >= 0.3 is 0 Å².